The van der Waals surface area contributed by atoms with Crippen LogP contribution in [0.15, 0.2) is 63.4 Å². The molecule has 0 saturated heterocycles. The van der Waals surface area contributed by atoms with E-state index in [9.17, 15) is 19.2 Å². The van der Waals surface area contributed by atoms with Gasteiger partial charge in [0.15, 0.2) is 12.4 Å². The van der Waals surface area contributed by atoms with Crippen LogP contribution < -0.4 is 0 Å². The molecule has 0 aromatic heterocycles. The van der Waals surface area contributed by atoms with Gasteiger partial charge in [0, 0.05) is 33.8 Å². The molecule has 1 aliphatic heterocycles. The van der Waals surface area contributed by atoms with Gasteiger partial charge in [0.05, 0.1) is 5.57 Å². The first-order valence-electron chi connectivity index (χ1n) is 9.25. The van der Waals surface area contributed by atoms with Crippen LogP contribution in [0, 0.1) is 0 Å². The summed E-state index contributed by atoms with van der Waals surface area (Å²) in [5, 5.41) is 0. The standard InChI is InChI=1S/C22H20O7S/c1-13(2)21(25)28-10-9-27-19(24)12-29-22(26)15-7-8-17(23)16-11-14-5-3-4-6-18(14)30-20(15)16/h3-7H,1,8-12H2,2H3. The van der Waals surface area contributed by atoms with Gasteiger partial charge >= 0.3 is 17.9 Å². The van der Waals surface area contributed by atoms with Gasteiger partial charge in [0.1, 0.15) is 13.2 Å². The van der Waals surface area contributed by atoms with E-state index in [0.29, 0.717) is 16.9 Å². The molecular weight excluding hydrogens is 408 g/mol. The monoisotopic (exact) mass is 428 g/mol. The Kier molecular flexibility index (Phi) is 6.89. The first-order valence-corrected chi connectivity index (χ1v) is 10.1. The SMILES string of the molecule is C=C(C)C(=O)OCCOC(=O)COC(=O)C1=CCC(=O)C2=C1Sc1ccccc1C2. The molecule has 0 bridgehead atoms. The summed E-state index contributed by atoms with van der Waals surface area (Å²) in [6.45, 7) is 4.08. The van der Waals surface area contributed by atoms with Crippen molar-refractivity contribution in [1.29, 1.82) is 0 Å². The molecule has 156 valence electrons. The lowest BCUT2D eigenvalue weighted by molar-refractivity contribution is -0.158. The number of rotatable bonds is 7. The largest absolute Gasteiger partial charge is 0.460 e. The highest BCUT2D eigenvalue weighted by Crippen LogP contribution is 2.44. The van der Waals surface area contributed by atoms with Crippen LogP contribution in [-0.4, -0.2) is 43.5 Å². The van der Waals surface area contributed by atoms with E-state index in [-0.39, 0.29) is 36.6 Å². The number of hydrogen-bond donors (Lipinski definition) is 0. The lowest BCUT2D eigenvalue weighted by Gasteiger charge is -2.25. The summed E-state index contributed by atoms with van der Waals surface area (Å²) in [6, 6.07) is 7.70. The van der Waals surface area contributed by atoms with Crippen molar-refractivity contribution in [3.63, 3.8) is 0 Å². The Morgan fingerprint density at radius 2 is 1.83 bits per heavy atom. The van der Waals surface area contributed by atoms with Gasteiger partial charge in [-0.15, -0.1) is 0 Å². The van der Waals surface area contributed by atoms with Gasteiger partial charge in [0.2, 0.25) is 0 Å². The molecule has 0 fully saturated rings. The van der Waals surface area contributed by atoms with Gasteiger partial charge in [-0.2, -0.15) is 0 Å². The maximum atomic E-state index is 12.5. The first kappa shape index (κ1) is 21.6. The van der Waals surface area contributed by atoms with E-state index < -0.39 is 24.5 Å². The van der Waals surface area contributed by atoms with Crippen LogP contribution in [0.2, 0.25) is 0 Å². The molecule has 0 spiro atoms. The minimum Gasteiger partial charge on any atom is -0.460 e. The van der Waals surface area contributed by atoms with Gasteiger partial charge in [-0.25, -0.2) is 14.4 Å². The normalized spacial score (nSPS) is 14.8. The lowest BCUT2D eigenvalue weighted by atomic mass is 9.92. The van der Waals surface area contributed by atoms with Crippen LogP contribution in [0.1, 0.15) is 18.9 Å². The van der Waals surface area contributed by atoms with Crippen molar-refractivity contribution < 1.29 is 33.4 Å². The number of hydrogen-bond acceptors (Lipinski definition) is 8. The molecule has 0 radical (unpaired) electrons. The van der Waals surface area contributed by atoms with Crippen LogP contribution >= 0.6 is 11.8 Å². The van der Waals surface area contributed by atoms with Gasteiger partial charge < -0.3 is 14.2 Å². The molecule has 1 heterocycles. The predicted molar refractivity (Wildman–Crippen MR) is 108 cm³/mol. The third kappa shape index (κ3) is 5.07. The second kappa shape index (κ2) is 9.58. The van der Waals surface area contributed by atoms with E-state index in [0.717, 1.165) is 10.5 Å². The number of ether oxygens (including phenoxy) is 3. The molecular formula is C22H20O7S. The highest BCUT2D eigenvalue weighted by Gasteiger charge is 2.32. The molecule has 2 aliphatic rings. The van der Waals surface area contributed by atoms with Crippen LogP contribution in [0.5, 0.6) is 0 Å². The number of carbonyl (C=O) groups excluding carboxylic acids is 4. The van der Waals surface area contributed by atoms with Gasteiger partial charge in [-0.05, 0) is 18.6 Å². The summed E-state index contributed by atoms with van der Waals surface area (Å²) in [7, 11) is 0. The number of thioether (sulfide) groups is 1. The van der Waals surface area contributed by atoms with Crippen LogP contribution in [0.3, 0.4) is 0 Å². The van der Waals surface area contributed by atoms with Crippen molar-refractivity contribution in [3.8, 4) is 0 Å². The van der Waals surface area contributed by atoms with Gasteiger partial charge in [0.25, 0.3) is 0 Å². The summed E-state index contributed by atoms with van der Waals surface area (Å²) in [5.41, 5.74) is 2.16. The Labute approximate surface area is 177 Å². The Bertz CT molecular complexity index is 987. The predicted octanol–water partition coefficient (Wildman–Crippen LogP) is 2.69. The number of ketones is 1. The summed E-state index contributed by atoms with van der Waals surface area (Å²) in [4.78, 5) is 49.4. The Hall–Kier alpha value is -3.13. The molecule has 1 aliphatic carbocycles. The topological polar surface area (TPSA) is 96.0 Å². The summed E-state index contributed by atoms with van der Waals surface area (Å²) >= 11 is 1.36. The highest BCUT2D eigenvalue weighted by atomic mass is 32.2. The molecule has 8 heteroatoms. The Balaban J connectivity index is 1.54. The van der Waals surface area contributed by atoms with E-state index in [2.05, 4.69) is 6.58 Å². The highest BCUT2D eigenvalue weighted by molar-refractivity contribution is 8.03. The third-order valence-electron chi connectivity index (χ3n) is 4.37. The average molecular weight is 428 g/mol. The third-order valence-corrected chi connectivity index (χ3v) is 5.66. The Morgan fingerprint density at radius 3 is 2.60 bits per heavy atom. The van der Waals surface area contributed by atoms with Crippen molar-refractivity contribution in [1.82, 2.24) is 0 Å². The molecule has 0 unspecified atom stereocenters. The van der Waals surface area contributed by atoms with Crippen LogP contribution in [-0.2, 0) is 39.8 Å². The van der Waals surface area contributed by atoms with E-state index in [1.165, 1.54) is 24.8 Å². The molecule has 0 N–H and O–H groups in total. The number of allylic oxidation sites excluding steroid dienone is 2. The fraction of sp³-hybridized carbons (Fsp3) is 0.273. The first-order chi connectivity index (χ1) is 14.4. The maximum Gasteiger partial charge on any atom is 0.344 e. The Morgan fingerprint density at radius 1 is 1.10 bits per heavy atom. The van der Waals surface area contributed by atoms with Crippen LogP contribution in [0.25, 0.3) is 0 Å². The number of carbonyl (C=O) groups is 4. The second-order valence-electron chi connectivity index (χ2n) is 6.65. The molecule has 7 nitrogen and oxygen atoms in total. The van der Waals surface area contributed by atoms with Crippen LogP contribution in [0.4, 0.5) is 0 Å². The minimum absolute atomic E-state index is 0.0210. The minimum atomic E-state index is -0.766. The fourth-order valence-corrected chi connectivity index (χ4v) is 4.10. The van der Waals surface area contributed by atoms with Crippen molar-refractivity contribution in [2.45, 2.75) is 24.7 Å². The number of fused-ring (bicyclic) bond motifs is 1. The number of Topliss-reactive ketones (excluding diaryl/α,β-unsaturated/α-hetero) is 1. The average Bonchev–Trinajstić information content (AvgIpc) is 2.74. The summed E-state index contributed by atoms with van der Waals surface area (Å²) in [5.74, 6) is -2.05. The number of benzene rings is 1. The zero-order valence-corrected chi connectivity index (χ0v) is 17.2. The van der Waals surface area contributed by atoms with Gasteiger partial charge in [-0.3, -0.25) is 4.79 Å². The quantitative estimate of drug-likeness (QED) is 0.283. The molecule has 0 atom stereocenters. The zero-order valence-electron chi connectivity index (χ0n) is 16.4. The van der Waals surface area contributed by atoms with Crippen molar-refractivity contribution in [2.75, 3.05) is 19.8 Å². The molecule has 1 aromatic carbocycles. The summed E-state index contributed by atoms with van der Waals surface area (Å²) in [6.07, 6.45) is 2.12. The maximum absolute atomic E-state index is 12.5. The number of esters is 3. The lowest BCUT2D eigenvalue weighted by Crippen LogP contribution is -2.23. The van der Waals surface area contributed by atoms with E-state index >= 15 is 0 Å². The van der Waals surface area contributed by atoms with E-state index in [1.807, 2.05) is 24.3 Å². The van der Waals surface area contributed by atoms with E-state index in [1.54, 1.807) is 0 Å². The van der Waals surface area contributed by atoms with E-state index in [4.69, 9.17) is 14.2 Å². The second-order valence-corrected chi connectivity index (χ2v) is 7.70. The van der Waals surface area contributed by atoms with Crippen molar-refractivity contribution in [2.24, 2.45) is 0 Å². The zero-order chi connectivity index (χ0) is 21.7. The molecule has 0 saturated carbocycles. The fourth-order valence-electron chi connectivity index (χ4n) is 2.88. The molecule has 0 amide bonds. The van der Waals surface area contributed by atoms with Gasteiger partial charge in [-0.1, -0.05) is 42.6 Å². The molecule has 30 heavy (non-hydrogen) atoms. The van der Waals surface area contributed by atoms with Crippen molar-refractivity contribution in [3.05, 3.63) is 64.1 Å². The molecule has 1 aromatic rings. The summed E-state index contributed by atoms with van der Waals surface area (Å²) < 4.78 is 14.7. The molecule has 3 rings (SSSR count). The van der Waals surface area contributed by atoms with Crippen molar-refractivity contribution >= 4 is 35.5 Å². The smallest absolute Gasteiger partial charge is 0.344 e.